The van der Waals surface area contributed by atoms with Crippen molar-refractivity contribution in [1.29, 1.82) is 0 Å². The SMILES string of the molecule is O=C(Nc1ccc(Oc2cccc(C(F)(F)F)c2)cc1)C1CCNC1. The van der Waals surface area contributed by atoms with E-state index in [1.165, 1.54) is 12.1 Å². The zero-order valence-electron chi connectivity index (χ0n) is 13.3. The van der Waals surface area contributed by atoms with Crippen molar-refractivity contribution in [1.82, 2.24) is 5.32 Å². The fourth-order valence-electron chi connectivity index (χ4n) is 2.60. The predicted octanol–water partition coefficient (Wildman–Crippen LogP) is 4.05. The van der Waals surface area contributed by atoms with Gasteiger partial charge in [-0.1, -0.05) is 6.07 Å². The summed E-state index contributed by atoms with van der Waals surface area (Å²) in [6, 6.07) is 11.2. The molecular weight excluding hydrogens is 333 g/mol. The monoisotopic (exact) mass is 350 g/mol. The molecule has 2 aromatic carbocycles. The number of anilines is 1. The standard InChI is InChI=1S/C18H17F3N2O2/c19-18(20,21)13-2-1-3-16(10-13)25-15-6-4-14(5-7-15)23-17(24)12-8-9-22-11-12/h1-7,10,12,22H,8-9,11H2,(H,23,24). The van der Waals surface area contributed by atoms with Crippen molar-refractivity contribution < 1.29 is 22.7 Å². The van der Waals surface area contributed by atoms with Gasteiger partial charge in [0, 0.05) is 12.2 Å². The zero-order valence-corrected chi connectivity index (χ0v) is 13.3. The first-order valence-electron chi connectivity index (χ1n) is 7.88. The normalized spacial score (nSPS) is 17.3. The second-order valence-corrected chi connectivity index (χ2v) is 5.83. The van der Waals surface area contributed by atoms with Crippen molar-refractivity contribution in [2.24, 2.45) is 5.92 Å². The molecule has 0 saturated carbocycles. The smallest absolute Gasteiger partial charge is 0.416 e. The van der Waals surface area contributed by atoms with E-state index in [0.717, 1.165) is 25.1 Å². The number of amides is 1. The lowest BCUT2D eigenvalue weighted by atomic mass is 10.1. The molecule has 0 radical (unpaired) electrons. The number of halogens is 3. The molecule has 0 bridgehead atoms. The fraction of sp³-hybridized carbons (Fsp3) is 0.278. The Hall–Kier alpha value is -2.54. The van der Waals surface area contributed by atoms with Gasteiger partial charge in [-0.25, -0.2) is 0 Å². The Bertz CT molecular complexity index is 739. The third-order valence-electron chi connectivity index (χ3n) is 3.95. The van der Waals surface area contributed by atoms with Crippen molar-refractivity contribution in [3.05, 3.63) is 54.1 Å². The number of rotatable bonds is 4. The first-order valence-corrected chi connectivity index (χ1v) is 7.88. The molecule has 1 amide bonds. The van der Waals surface area contributed by atoms with Crippen LogP contribution in [0.15, 0.2) is 48.5 Å². The quantitative estimate of drug-likeness (QED) is 0.875. The lowest BCUT2D eigenvalue weighted by Gasteiger charge is -2.12. The molecule has 132 valence electrons. The molecule has 1 fully saturated rings. The minimum Gasteiger partial charge on any atom is -0.457 e. The Balaban J connectivity index is 1.63. The lowest BCUT2D eigenvalue weighted by Crippen LogP contribution is -2.24. The van der Waals surface area contributed by atoms with Crippen LogP contribution in [0.2, 0.25) is 0 Å². The summed E-state index contributed by atoms with van der Waals surface area (Å²) in [6.07, 6.45) is -3.61. The van der Waals surface area contributed by atoms with Crippen LogP contribution in [0.3, 0.4) is 0 Å². The number of carbonyl (C=O) groups excluding carboxylic acids is 1. The third kappa shape index (κ3) is 4.51. The van der Waals surface area contributed by atoms with E-state index in [9.17, 15) is 18.0 Å². The van der Waals surface area contributed by atoms with Crippen molar-refractivity contribution in [2.75, 3.05) is 18.4 Å². The van der Waals surface area contributed by atoms with Crippen LogP contribution in [-0.4, -0.2) is 19.0 Å². The molecule has 25 heavy (non-hydrogen) atoms. The second-order valence-electron chi connectivity index (χ2n) is 5.83. The number of carbonyl (C=O) groups is 1. The molecular formula is C18H17F3N2O2. The van der Waals surface area contributed by atoms with Gasteiger partial charge >= 0.3 is 6.18 Å². The van der Waals surface area contributed by atoms with Crippen LogP contribution < -0.4 is 15.4 Å². The topological polar surface area (TPSA) is 50.4 Å². The Morgan fingerprint density at radius 2 is 1.88 bits per heavy atom. The van der Waals surface area contributed by atoms with E-state index in [1.54, 1.807) is 24.3 Å². The van der Waals surface area contributed by atoms with Gasteiger partial charge in [0.15, 0.2) is 0 Å². The van der Waals surface area contributed by atoms with E-state index in [0.29, 0.717) is 18.0 Å². The summed E-state index contributed by atoms with van der Waals surface area (Å²) in [6.45, 7) is 1.50. The van der Waals surface area contributed by atoms with Crippen molar-refractivity contribution in [3.63, 3.8) is 0 Å². The van der Waals surface area contributed by atoms with Crippen LogP contribution in [0.4, 0.5) is 18.9 Å². The van der Waals surface area contributed by atoms with Crippen LogP contribution in [0.1, 0.15) is 12.0 Å². The highest BCUT2D eigenvalue weighted by molar-refractivity contribution is 5.92. The van der Waals surface area contributed by atoms with Crippen molar-refractivity contribution in [3.8, 4) is 11.5 Å². The van der Waals surface area contributed by atoms with E-state index in [-0.39, 0.29) is 17.6 Å². The highest BCUT2D eigenvalue weighted by atomic mass is 19.4. The summed E-state index contributed by atoms with van der Waals surface area (Å²) in [4.78, 5) is 12.0. The van der Waals surface area contributed by atoms with Crippen LogP contribution in [0.5, 0.6) is 11.5 Å². The summed E-state index contributed by atoms with van der Waals surface area (Å²) in [5.74, 6) is 0.404. The number of hydrogen-bond acceptors (Lipinski definition) is 3. The molecule has 1 atom stereocenters. The number of ether oxygens (including phenoxy) is 1. The molecule has 1 heterocycles. The molecule has 4 nitrogen and oxygen atoms in total. The molecule has 1 unspecified atom stereocenters. The Kier molecular flexibility index (Phi) is 4.94. The molecule has 7 heteroatoms. The van der Waals surface area contributed by atoms with Crippen LogP contribution >= 0.6 is 0 Å². The Morgan fingerprint density at radius 3 is 2.52 bits per heavy atom. The van der Waals surface area contributed by atoms with E-state index < -0.39 is 11.7 Å². The lowest BCUT2D eigenvalue weighted by molar-refractivity contribution is -0.137. The Labute approximate surface area is 143 Å². The number of benzene rings is 2. The first kappa shape index (κ1) is 17.3. The van der Waals surface area contributed by atoms with Crippen LogP contribution in [0, 0.1) is 5.92 Å². The van der Waals surface area contributed by atoms with Gasteiger partial charge in [0.25, 0.3) is 0 Å². The third-order valence-corrected chi connectivity index (χ3v) is 3.95. The van der Waals surface area contributed by atoms with Gasteiger partial charge in [0.1, 0.15) is 11.5 Å². The van der Waals surface area contributed by atoms with Crippen molar-refractivity contribution >= 4 is 11.6 Å². The molecule has 2 N–H and O–H groups in total. The second kappa shape index (κ2) is 7.14. The highest BCUT2D eigenvalue weighted by Gasteiger charge is 2.30. The molecule has 2 aromatic rings. The maximum Gasteiger partial charge on any atom is 0.416 e. The summed E-state index contributed by atoms with van der Waals surface area (Å²) in [5.41, 5.74) is -0.146. The highest BCUT2D eigenvalue weighted by Crippen LogP contribution is 2.32. The number of nitrogens with one attached hydrogen (secondary N) is 2. The first-order chi connectivity index (χ1) is 11.9. The summed E-state index contributed by atoms with van der Waals surface area (Å²) in [5, 5.41) is 5.95. The van der Waals surface area contributed by atoms with E-state index in [4.69, 9.17) is 4.74 Å². The minimum absolute atomic E-state index is 0.0407. The van der Waals surface area contributed by atoms with Crippen LogP contribution in [0.25, 0.3) is 0 Å². The molecule has 0 spiro atoms. The zero-order chi connectivity index (χ0) is 17.9. The molecule has 0 aliphatic carbocycles. The average molecular weight is 350 g/mol. The molecule has 1 saturated heterocycles. The molecule has 0 aromatic heterocycles. The van der Waals surface area contributed by atoms with E-state index in [1.807, 2.05) is 0 Å². The van der Waals surface area contributed by atoms with Crippen molar-refractivity contribution in [2.45, 2.75) is 12.6 Å². The predicted molar refractivity (Wildman–Crippen MR) is 87.6 cm³/mol. The summed E-state index contributed by atoms with van der Waals surface area (Å²) >= 11 is 0. The van der Waals surface area contributed by atoms with Gasteiger partial charge in [0.05, 0.1) is 11.5 Å². The summed E-state index contributed by atoms with van der Waals surface area (Å²) in [7, 11) is 0. The van der Waals surface area contributed by atoms with Gasteiger partial charge < -0.3 is 15.4 Å². The molecule has 1 aliphatic heterocycles. The fourth-order valence-corrected chi connectivity index (χ4v) is 2.60. The summed E-state index contributed by atoms with van der Waals surface area (Å²) < 4.78 is 43.6. The van der Waals surface area contributed by atoms with Gasteiger partial charge in [-0.05, 0) is 55.4 Å². The average Bonchev–Trinajstić information content (AvgIpc) is 3.11. The van der Waals surface area contributed by atoms with Crippen LogP contribution in [-0.2, 0) is 11.0 Å². The molecule has 3 rings (SSSR count). The van der Waals surface area contributed by atoms with Gasteiger partial charge in [-0.2, -0.15) is 13.2 Å². The maximum atomic E-state index is 12.7. The maximum absolute atomic E-state index is 12.7. The van der Waals surface area contributed by atoms with Gasteiger partial charge in [-0.15, -0.1) is 0 Å². The Morgan fingerprint density at radius 1 is 1.12 bits per heavy atom. The number of alkyl halides is 3. The van der Waals surface area contributed by atoms with Gasteiger partial charge in [-0.3, -0.25) is 4.79 Å². The number of hydrogen-bond donors (Lipinski definition) is 2. The largest absolute Gasteiger partial charge is 0.457 e. The molecule has 1 aliphatic rings. The van der Waals surface area contributed by atoms with Gasteiger partial charge in [0.2, 0.25) is 5.91 Å². The van der Waals surface area contributed by atoms with E-state index in [2.05, 4.69) is 10.6 Å². The minimum atomic E-state index is -4.41. The van der Waals surface area contributed by atoms with E-state index >= 15 is 0 Å².